The molecule has 0 aromatic carbocycles. The lowest BCUT2D eigenvalue weighted by Gasteiger charge is -2.48. The molecule has 0 saturated carbocycles. The van der Waals surface area contributed by atoms with E-state index in [1.165, 1.54) is 38.8 Å². The molecule has 0 bridgehead atoms. The van der Waals surface area contributed by atoms with Gasteiger partial charge in [-0.05, 0) is 32.2 Å². The maximum absolute atomic E-state index is 3.81. The van der Waals surface area contributed by atoms with Gasteiger partial charge in [0, 0.05) is 12.1 Å². The molecule has 0 aromatic rings. The van der Waals surface area contributed by atoms with E-state index in [0.29, 0.717) is 5.54 Å². The minimum Gasteiger partial charge on any atom is -0.297 e. The van der Waals surface area contributed by atoms with Crippen molar-refractivity contribution in [3.63, 3.8) is 0 Å². The van der Waals surface area contributed by atoms with Crippen LogP contribution in [0.1, 0.15) is 25.7 Å². The van der Waals surface area contributed by atoms with Crippen LogP contribution in [-0.2, 0) is 0 Å². The molecule has 2 aliphatic heterocycles. The zero-order chi connectivity index (χ0) is 7.03. The van der Waals surface area contributed by atoms with Gasteiger partial charge in [0.2, 0.25) is 0 Å². The molecule has 56 valence electrons. The minimum atomic E-state index is 0.599. The van der Waals surface area contributed by atoms with Crippen molar-refractivity contribution < 1.29 is 0 Å². The van der Waals surface area contributed by atoms with Crippen LogP contribution < -0.4 is 0 Å². The summed E-state index contributed by atoms with van der Waals surface area (Å²) < 4.78 is 0. The zero-order valence-corrected chi connectivity index (χ0v) is 6.47. The van der Waals surface area contributed by atoms with Crippen LogP contribution in [-0.4, -0.2) is 23.5 Å². The second-order valence-electron chi connectivity index (χ2n) is 3.56. The Morgan fingerprint density at radius 1 is 1.40 bits per heavy atom. The summed E-state index contributed by atoms with van der Waals surface area (Å²) in [5.74, 6) is 0. The molecular weight excluding hydrogens is 122 g/mol. The molecule has 0 N–H and O–H groups in total. The summed E-state index contributed by atoms with van der Waals surface area (Å²) in [6.07, 6.45) is 7.54. The molecule has 10 heavy (non-hydrogen) atoms. The second kappa shape index (κ2) is 2.09. The Kier molecular flexibility index (Phi) is 1.34. The van der Waals surface area contributed by atoms with E-state index >= 15 is 0 Å². The van der Waals surface area contributed by atoms with Crippen molar-refractivity contribution in [3.8, 4) is 0 Å². The third kappa shape index (κ3) is 0.671. The van der Waals surface area contributed by atoms with Crippen molar-refractivity contribution in [1.82, 2.24) is 4.90 Å². The lowest BCUT2D eigenvalue weighted by Crippen LogP contribution is -2.55. The van der Waals surface area contributed by atoms with E-state index in [2.05, 4.69) is 17.6 Å². The molecule has 2 aliphatic rings. The van der Waals surface area contributed by atoms with Crippen molar-refractivity contribution >= 4 is 0 Å². The smallest absolute Gasteiger partial charge is 0.0256 e. The van der Waals surface area contributed by atoms with Crippen LogP contribution in [0.15, 0.2) is 12.7 Å². The van der Waals surface area contributed by atoms with E-state index in [-0.39, 0.29) is 0 Å². The van der Waals surface area contributed by atoms with E-state index in [9.17, 15) is 0 Å². The standard InChI is InChI=1S/C9H15N/c1-2-4-9-5-3-7-10(9)8-6-9/h2H,1,3-8H2. The van der Waals surface area contributed by atoms with Crippen LogP contribution in [0.2, 0.25) is 0 Å². The summed E-state index contributed by atoms with van der Waals surface area (Å²) in [4.78, 5) is 2.62. The minimum absolute atomic E-state index is 0.599. The van der Waals surface area contributed by atoms with Gasteiger partial charge in [-0.3, -0.25) is 4.90 Å². The molecule has 1 unspecified atom stereocenters. The molecule has 2 fully saturated rings. The maximum atomic E-state index is 3.81. The first kappa shape index (κ1) is 6.41. The summed E-state index contributed by atoms with van der Waals surface area (Å²) in [5, 5.41) is 0. The highest BCUT2D eigenvalue weighted by Gasteiger charge is 2.46. The van der Waals surface area contributed by atoms with Crippen molar-refractivity contribution in [2.45, 2.75) is 31.2 Å². The molecule has 2 heterocycles. The summed E-state index contributed by atoms with van der Waals surface area (Å²) in [5.41, 5.74) is 0.599. The fourth-order valence-electron chi connectivity index (χ4n) is 2.42. The number of hydrogen-bond acceptors (Lipinski definition) is 1. The molecule has 1 nitrogen and oxygen atoms in total. The monoisotopic (exact) mass is 137 g/mol. The van der Waals surface area contributed by atoms with Crippen LogP contribution in [0.25, 0.3) is 0 Å². The summed E-state index contributed by atoms with van der Waals surface area (Å²) >= 11 is 0. The SMILES string of the molecule is C=CCC12CCCN1CC2. The molecule has 0 amide bonds. The molecule has 2 rings (SSSR count). The van der Waals surface area contributed by atoms with Gasteiger partial charge in [-0.2, -0.15) is 0 Å². The third-order valence-electron chi connectivity index (χ3n) is 3.11. The third-order valence-corrected chi connectivity index (χ3v) is 3.11. The van der Waals surface area contributed by atoms with Crippen LogP contribution in [0, 0.1) is 0 Å². The van der Waals surface area contributed by atoms with Crippen LogP contribution in [0.3, 0.4) is 0 Å². The van der Waals surface area contributed by atoms with Crippen LogP contribution in [0.5, 0.6) is 0 Å². The molecular formula is C9H15N. The summed E-state index contributed by atoms with van der Waals surface area (Å²) in [6, 6.07) is 0. The number of hydrogen-bond donors (Lipinski definition) is 0. The molecule has 0 aliphatic carbocycles. The largest absolute Gasteiger partial charge is 0.297 e. The Morgan fingerprint density at radius 2 is 2.30 bits per heavy atom. The molecule has 0 spiro atoms. The predicted octanol–water partition coefficient (Wildman–Crippen LogP) is 1.80. The van der Waals surface area contributed by atoms with E-state index < -0.39 is 0 Å². The highest BCUT2D eigenvalue weighted by atomic mass is 15.3. The Labute approximate surface area is 62.7 Å². The maximum Gasteiger partial charge on any atom is 0.0256 e. The van der Waals surface area contributed by atoms with Gasteiger partial charge in [-0.1, -0.05) is 6.08 Å². The average Bonchev–Trinajstić information content (AvgIpc) is 2.15. The summed E-state index contributed by atoms with van der Waals surface area (Å²) in [6.45, 7) is 6.49. The molecule has 0 radical (unpaired) electrons. The average molecular weight is 137 g/mol. The van der Waals surface area contributed by atoms with Gasteiger partial charge < -0.3 is 0 Å². The highest BCUT2D eigenvalue weighted by molar-refractivity contribution is 5.06. The lowest BCUT2D eigenvalue weighted by atomic mass is 9.82. The fourth-order valence-corrected chi connectivity index (χ4v) is 2.42. The topological polar surface area (TPSA) is 3.24 Å². The van der Waals surface area contributed by atoms with Crippen molar-refractivity contribution in [2.24, 2.45) is 0 Å². The van der Waals surface area contributed by atoms with Crippen LogP contribution in [0.4, 0.5) is 0 Å². The highest BCUT2D eigenvalue weighted by Crippen LogP contribution is 2.42. The molecule has 2 saturated heterocycles. The first-order chi connectivity index (χ1) is 4.87. The van der Waals surface area contributed by atoms with Crippen molar-refractivity contribution in [2.75, 3.05) is 13.1 Å². The van der Waals surface area contributed by atoms with Gasteiger partial charge >= 0.3 is 0 Å². The number of nitrogens with zero attached hydrogens (tertiary/aromatic N) is 1. The van der Waals surface area contributed by atoms with E-state index in [1.807, 2.05) is 0 Å². The Balaban J connectivity index is 2.06. The Morgan fingerprint density at radius 3 is 2.80 bits per heavy atom. The predicted molar refractivity (Wildman–Crippen MR) is 43.0 cm³/mol. The molecule has 1 atom stereocenters. The first-order valence-corrected chi connectivity index (χ1v) is 4.23. The fraction of sp³-hybridized carbons (Fsp3) is 0.778. The van der Waals surface area contributed by atoms with Crippen molar-refractivity contribution in [1.29, 1.82) is 0 Å². The van der Waals surface area contributed by atoms with E-state index in [4.69, 9.17) is 0 Å². The van der Waals surface area contributed by atoms with Gasteiger partial charge in [0.05, 0.1) is 0 Å². The van der Waals surface area contributed by atoms with Gasteiger partial charge in [0.25, 0.3) is 0 Å². The van der Waals surface area contributed by atoms with Gasteiger partial charge in [0.15, 0.2) is 0 Å². The second-order valence-corrected chi connectivity index (χ2v) is 3.56. The normalized spacial score (nSPS) is 38.8. The Bertz CT molecular complexity index is 153. The first-order valence-electron chi connectivity index (χ1n) is 4.23. The van der Waals surface area contributed by atoms with E-state index in [0.717, 1.165) is 0 Å². The van der Waals surface area contributed by atoms with E-state index in [1.54, 1.807) is 0 Å². The van der Waals surface area contributed by atoms with Crippen LogP contribution >= 0.6 is 0 Å². The van der Waals surface area contributed by atoms with Crippen molar-refractivity contribution in [3.05, 3.63) is 12.7 Å². The number of rotatable bonds is 2. The molecule has 0 aromatic heterocycles. The lowest BCUT2D eigenvalue weighted by molar-refractivity contribution is 0.0305. The molecule has 1 heteroatoms. The van der Waals surface area contributed by atoms with Gasteiger partial charge in [-0.15, -0.1) is 6.58 Å². The van der Waals surface area contributed by atoms with Gasteiger partial charge in [0.1, 0.15) is 0 Å². The zero-order valence-electron chi connectivity index (χ0n) is 6.47. The quantitative estimate of drug-likeness (QED) is 0.524. The Hall–Kier alpha value is -0.300. The summed E-state index contributed by atoms with van der Waals surface area (Å²) in [7, 11) is 0. The number of fused-ring (bicyclic) bond motifs is 1. The van der Waals surface area contributed by atoms with Gasteiger partial charge in [-0.25, -0.2) is 0 Å².